The molecule has 0 aromatic carbocycles. The number of nitrogens with zero attached hydrogens (tertiary/aromatic N) is 8. The quantitative estimate of drug-likeness (QED) is 0.701. The summed E-state index contributed by atoms with van der Waals surface area (Å²) in [5, 5.41) is 4.74. The zero-order valence-corrected chi connectivity index (χ0v) is 14.4. The second kappa shape index (κ2) is 6.99. The molecule has 0 radical (unpaired) electrons. The van der Waals surface area contributed by atoms with Gasteiger partial charge in [0.1, 0.15) is 6.33 Å². The third-order valence-corrected chi connectivity index (χ3v) is 4.28. The van der Waals surface area contributed by atoms with E-state index in [-0.39, 0.29) is 5.75 Å². The monoisotopic (exact) mass is 349 g/mol. The number of rotatable bonds is 6. The van der Waals surface area contributed by atoms with E-state index in [1.54, 1.807) is 0 Å². The third-order valence-electron chi connectivity index (χ3n) is 3.41. The zero-order valence-electron chi connectivity index (χ0n) is 13.6. The fourth-order valence-corrected chi connectivity index (χ4v) is 2.79. The second-order valence-electron chi connectivity index (χ2n) is 5.55. The predicted molar refractivity (Wildman–Crippen MR) is 90.4 cm³/mol. The Morgan fingerprint density at radius 1 is 1.25 bits per heavy atom. The largest absolute Gasteiger partial charge is 0.369 e. The molecule has 0 atom stereocenters. The first-order chi connectivity index (χ1) is 11.5. The minimum absolute atomic E-state index is 0.128. The van der Waals surface area contributed by atoms with Crippen LogP contribution in [-0.2, 0) is 4.79 Å². The van der Waals surface area contributed by atoms with Gasteiger partial charge >= 0.3 is 0 Å². The van der Waals surface area contributed by atoms with Gasteiger partial charge in [0, 0.05) is 27.2 Å². The molecule has 1 aliphatic heterocycles. The molecule has 0 bridgehead atoms. The molecular weight excluding hydrogens is 330 g/mol. The van der Waals surface area contributed by atoms with Crippen LogP contribution >= 0.6 is 11.8 Å². The smallest absolute Gasteiger partial charge is 0.258 e. The van der Waals surface area contributed by atoms with Gasteiger partial charge in [-0.05, 0) is 12.8 Å². The van der Waals surface area contributed by atoms with Gasteiger partial charge in [-0.3, -0.25) is 4.79 Å². The van der Waals surface area contributed by atoms with Crippen LogP contribution in [0.2, 0.25) is 0 Å². The van der Waals surface area contributed by atoms with Gasteiger partial charge in [0.25, 0.3) is 5.95 Å². The topological polar surface area (TPSA) is 119 Å². The van der Waals surface area contributed by atoms with Crippen molar-refractivity contribution in [1.82, 2.24) is 29.7 Å². The van der Waals surface area contributed by atoms with Crippen molar-refractivity contribution in [3.8, 4) is 5.95 Å². The van der Waals surface area contributed by atoms with E-state index in [9.17, 15) is 4.79 Å². The van der Waals surface area contributed by atoms with Crippen molar-refractivity contribution in [3.63, 3.8) is 0 Å². The molecule has 0 aliphatic carbocycles. The number of hydrogen-bond acceptors (Lipinski definition) is 9. The number of aromatic nitrogens is 6. The number of carbonyl (C=O) groups is 1. The Kier molecular flexibility index (Phi) is 4.79. The lowest BCUT2D eigenvalue weighted by atomic mass is 10.4. The molecule has 2 N–H and O–H groups in total. The van der Waals surface area contributed by atoms with Gasteiger partial charge in [-0.2, -0.15) is 19.6 Å². The summed E-state index contributed by atoms with van der Waals surface area (Å²) in [5.41, 5.74) is 5.13. The van der Waals surface area contributed by atoms with Crippen LogP contribution in [0.1, 0.15) is 12.8 Å². The van der Waals surface area contributed by atoms with Crippen LogP contribution in [0, 0.1) is 0 Å². The van der Waals surface area contributed by atoms with E-state index in [1.165, 1.54) is 22.8 Å². The number of anilines is 2. The van der Waals surface area contributed by atoms with E-state index in [4.69, 9.17) is 5.73 Å². The number of amides is 1. The first-order valence-electron chi connectivity index (χ1n) is 7.54. The maximum atomic E-state index is 10.9. The van der Waals surface area contributed by atoms with Gasteiger partial charge in [0.05, 0.1) is 5.75 Å². The van der Waals surface area contributed by atoms with Crippen LogP contribution in [0.15, 0.2) is 11.5 Å². The summed E-state index contributed by atoms with van der Waals surface area (Å²) in [6, 6.07) is 0. The van der Waals surface area contributed by atoms with Gasteiger partial charge in [-0.25, -0.2) is 4.98 Å². The first kappa shape index (κ1) is 16.4. The fraction of sp³-hybridized carbons (Fsp3) is 0.538. The molecule has 2 aromatic rings. The van der Waals surface area contributed by atoms with Gasteiger partial charge < -0.3 is 15.5 Å². The summed E-state index contributed by atoms with van der Waals surface area (Å²) in [7, 11) is 3.75. The molecule has 24 heavy (non-hydrogen) atoms. The Hall–Kier alpha value is -2.43. The van der Waals surface area contributed by atoms with Crippen molar-refractivity contribution in [3.05, 3.63) is 6.33 Å². The molecule has 0 spiro atoms. The SMILES string of the molecule is CN(C)c1nc(N2CCCC2)nc(-n2cnc(SCC(N)=O)n2)n1. The van der Waals surface area contributed by atoms with Crippen LogP contribution in [0.4, 0.5) is 11.9 Å². The number of nitrogens with two attached hydrogens (primary N) is 1. The summed E-state index contributed by atoms with van der Waals surface area (Å²) in [4.78, 5) is 32.4. The Labute approximate surface area is 143 Å². The average Bonchev–Trinajstić information content (AvgIpc) is 3.24. The van der Waals surface area contributed by atoms with E-state index in [0.29, 0.717) is 23.0 Å². The lowest BCUT2D eigenvalue weighted by Crippen LogP contribution is -2.24. The highest BCUT2D eigenvalue weighted by Crippen LogP contribution is 2.19. The molecule has 128 valence electrons. The van der Waals surface area contributed by atoms with E-state index in [1.807, 2.05) is 19.0 Å². The minimum atomic E-state index is -0.414. The van der Waals surface area contributed by atoms with Crippen molar-refractivity contribution in [2.75, 3.05) is 42.7 Å². The molecule has 0 saturated carbocycles. The number of thioether (sulfide) groups is 1. The van der Waals surface area contributed by atoms with E-state index >= 15 is 0 Å². The summed E-state index contributed by atoms with van der Waals surface area (Å²) >= 11 is 1.17. The Balaban J connectivity index is 1.90. The van der Waals surface area contributed by atoms with Crippen molar-refractivity contribution >= 4 is 29.6 Å². The second-order valence-corrected chi connectivity index (χ2v) is 6.49. The number of carbonyl (C=O) groups excluding carboxylic acids is 1. The maximum Gasteiger partial charge on any atom is 0.258 e. The van der Waals surface area contributed by atoms with Gasteiger partial charge in [-0.15, -0.1) is 5.10 Å². The molecule has 1 fully saturated rings. The Morgan fingerprint density at radius 3 is 2.62 bits per heavy atom. The molecule has 1 saturated heterocycles. The van der Waals surface area contributed by atoms with E-state index in [2.05, 4.69) is 29.9 Å². The summed E-state index contributed by atoms with van der Waals surface area (Å²) < 4.78 is 1.48. The molecule has 1 aliphatic rings. The van der Waals surface area contributed by atoms with Gasteiger partial charge in [0.15, 0.2) is 0 Å². The highest BCUT2D eigenvalue weighted by molar-refractivity contribution is 7.99. The highest BCUT2D eigenvalue weighted by Gasteiger charge is 2.19. The van der Waals surface area contributed by atoms with Crippen molar-refractivity contribution in [2.24, 2.45) is 5.73 Å². The third kappa shape index (κ3) is 3.72. The van der Waals surface area contributed by atoms with Crippen LogP contribution in [0.3, 0.4) is 0 Å². The molecule has 2 aromatic heterocycles. The zero-order chi connectivity index (χ0) is 17.1. The van der Waals surface area contributed by atoms with Crippen LogP contribution < -0.4 is 15.5 Å². The highest BCUT2D eigenvalue weighted by atomic mass is 32.2. The standard InChI is InChI=1S/C13H19N9OS/c1-20(2)10-16-11(21-5-3-4-6-21)18-12(17-10)22-8-15-13(19-22)24-7-9(14)23/h8H,3-7H2,1-2H3,(H2,14,23). The lowest BCUT2D eigenvalue weighted by molar-refractivity contribution is -0.115. The van der Waals surface area contributed by atoms with Gasteiger partial charge in [-0.1, -0.05) is 11.8 Å². The summed E-state index contributed by atoms with van der Waals surface area (Å²) in [6.45, 7) is 1.88. The summed E-state index contributed by atoms with van der Waals surface area (Å²) in [6.07, 6.45) is 3.79. The number of primary amides is 1. The Morgan fingerprint density at radius 2 is 1.96 bits per heavy atom. The molecule has 1 amide bonds. The van der Waals surface area contributed by atoms with Crippen molar-refractivity contribution in [1.29, 1.82) is 0 Å². The average molecular weight is 349 g/mol. The molecule has 11 heteroatoms. The number of hydrogen-bond donors (Lipinski definition) is 1. The lowest BCUT2D eigenvalue weighted by Gasteiger charge is -2.18. The minimum Gasteiger partial charge on any atom is -0.369 e. The van der Waals surface area contributed by atoms with Crippen molar-refractivity contribution in [2.45, 2.75) is 18.0 Å². The van der Waals surface area contributed by atoms with E-state index < -0.39 is 5.91 Å². The van der Waals surface area contributed by atoms with Crippen molar-refractivity contribution < 1.29 is 4.79 Å². The Bertz CT molecular complexity index is 726. The fourth-order valence-electron chi connectivity index (χ4n) is 2.25. The van der Waals surface area contributed by atoms with Crippen LogP contribution in [0.5, 0.6) is 0 Å². The molecular formula is C13H19N9OS. The molecule has 3 heterocycles. The first-order valence-corrected chi connectivity index (χ1v) is 8.53. The molecule has 10 nitrogen and oxygen atoms in total. The van der Waals surface area contributed by atoms with Crippen LogP contribution in [-0.4, -0.2) is 68.6 Å². The summed E-state index contributed by atoms with van der Waals surface area (Å²) in [5.74, 6) is 1.31. The maximum absolute atomic E-state index is 10.9. The molecule has 3 rings (SSSR count). The normalized spacial score (nSPS) is 14.2. The predicted octanol–water partition coefficient (Wildman–Crippen LogP) is -0.304. The molecule has 0 unspecified atom stereocenters. The van der Waals surface area contributed by atoms with Crippen LogP contribution in [0.25, 0.3) is 5.95 Å². The van der Waals surface area contributed by atoms with Gasteiger partial charge in [0.2, 0.25) is 23.0 Å². The van der Waals surface area contributed by atoms with E-state index in [0.717, 1.165) is 25.9 Å².